The summed E-state index contributed by atoms with van der Waals surface area (Å²) < 4.78 is 33.5. The van der Waals surface area contributed by atoms with Gasteiger partial charge in [0.05, 0.1) is 52.3 Å². The maximum absolute atomic E-state index is 12.5. The van der Waals surface area contributed by atoms with Crippen molar-refractivity contribution in [1.29, 1.82) is 0 Å². The molecule has 0 spiro atoms. The monoisotopic (exact) mass is 613 g/mol. The number of anilines is 3. The lowest BCUT2D eigenvalue weighted by atomic mass is 10.1. The van der Waals surface area contributed by atoms with Crippen LogP contribution in [-0.4, -0.2) is 79.7 Å². The highest BCUT2D eigenvalue weighted by Gasteiger charge is 2.37. The number of carbonyl (C=O) groups excluding carboxylic acids is 1. The summed E-state index contributed by atoms with van der Waals surface area (Å²) in [6.45, 7) is 2.68. The Morgan fingerprint density at radius 3 is 2.55 bits per heavy atom. The zero-order chi connectivity index (χ0) is 30.1. The van der Waals surface area contributed by atoms with E-state index in [-0.39, 0.29) is 11.0 Å². The molecule has 4 aromatic heterocycles. The molecule has 0 unspecified atom stereocenters. The van der Waals surface area contributed by atoms with Gasteiger partial charge < -0.3 is 15.0 Å². The van der Waals surface area contributed by atoms with Crippen LogP contribution in [0.4, 0.5) is 17.3 Å². The van der Waals surface area contributed by atoms with Gasteiger partial charge in [0.2, 0.25) is 0 Å². The normalized spacial score (nSPS) is 17.7. The SMILES string of the molecule is O=C1CCN(c2cc(Nc3ccnc(-c4cnn(S(=O)(=O)C5CC5)c4)n3)ncc2C#Cc2cnn(C3CCOCC3)c2)CC1. The first kappa shape index (κ1) is 28.2. The molecule has 1 N–H and O–H groups in total. The molecule has 1 saturated carbocycles. The van der Waals surface area contributed by atoms with Gasteiger partial charge in [0.15, 0.2) is 5.82 Å². The molecule has 1 aliphatic carbocycles. The first-order valence-electron chi connectivity index (χ1n) is 14.7. The van der Waals surface area contributed by atoms with Crippen LogP contribution in [0.1, 0.15) is 55.7 Å². The maximum atomic E-state index is 12.5. The summed E-state index contributed by atoms with van der Waals surface area (Å²) >= 11 is 0. The largest absolute Gasteiger partial charge is 0.381 e. The van der Waals surface area contributed by atoms with Gasteiger partial charge in [-0.1, -0.05) is 11.8 Å². The van der Waals surface area contributed by atoms with Crippen molar-refractivity contribution in [3.05, 3.63) is 60.4 Å². The van der Waals surface area contributed by atoms with Gasteiger partial charge in [0.1, 0.15) is 17.4 Å². The molecule has 0 aromatic carbocycles. The standard InChI is InChI=1S/C30H31N9O4S/c40-25-6-11-37(12-7-25)27-15-29(32-17-22(27)2-1-21-16-33-38(19-21)24-8-13-43-14-9-24)35-28-5-10-31-30(36-28)23-18-34-39(20-23)44(41,42)26-3-4-26/h5,10,15-20,24,26H,3-4,6-9,11-14H2,(H,31,32,35,36). The van der Waals surface area contributed by atoms with E-state index < -0.39 is 10.0 Å². The minimum atomic E-state index is -3.48. The maximum Gasteiger partial charge on any atom is 0.256 e. The molecule has 4 aromatic rings. The van der Waals surface area contributed by atoms with Crippen LogP contribution in [0.15, 0.2) is 49.3 Å². The number of nitrogens with zero attached hydrogens (tertiary/aromatic N) is 8. The summed E-state index contributed by atoms with van der Waals surface area (Å²) in [5.41, 5.74) is 2.94. The summed E-state index contributed by atoms with van der Waals surface area (Å²) in [6.07, 6.45) is 14.1. The van der Waals surface area contributed by atoms with Crippen molar-refractivity contribution in [1.82, 2.24) is 33.9 Å². The fourth-order valence-corrected chi connectivity index (χ4v) is 6.81. The highest BCUT2D eigenvalue weighted by atomic mass is 32.2. The summed E-state index contributed by atoms with van der Waals surface area (Å²) in [7, 11) is -3.48. The molecule has 0 bridgehead atoms. The first-order chi connectivity index (χ1) is 21.4. The quantitative estimate of drug-likeness (QED) is 0.307. The third kappa shape index (κ3) is 6.06. The number of carbonyl (C=O) groups is 1. The third-order valence-electron chi connectivity index (χ3n) is 7.99. The van der Waals surface area contributed by atoms with Crippen LogP contribution in [0.25, 0.3) is 11.4 Å². The Morgan fingerprint density at radius 2 is 1.75 bits per heavy atom. The van der Waals surface area contributed by atoms with E-state index >= 15 is 0 Å². The lowest BCUT2D eigenvalue weighted by molar-refractivity contribution is -0.119. The highest BCUT2D eigenvalue weighted by Crippen LogP contribution is 2.31. The number of Topliss-reactive ketones (excluding diaryl/α,β-unsaturated/α-hetero) is 1. The molecular weight excluding hydrogens is 582 g/mol. The van der Waals surface area contributed by atoms with Gasteiger partial charge in [-0.25, -0.2) is 23.4 Å². The van der Waals surface area contributed by atoms with Crippen LogP contribution in [0, 0.1) is 11.8 Å². The minimum Gasteiger partial charge on any atom is -0.381 e. The summed E-state index contributed by atoms with van der Waals surface area (Å²) in [5.74, 6) is 8.14. The Hall–Kier alpha value is -4.61. The summed E-state index contributed by atoms with van der Waals surface area (Å²) in [6, 6.07) is 3.94. The van der Waals surface area contributed by atoms with E-state index in [0.29, 0.717) is 67.8 Å². The molecule has 2 aliphatic heterocycles. The van der Waals surface area contributed by atoms with Crippen molar-refractivity contribution in [2.24, 2.45) is 0 Å². The molecule has 6 heterocycles. The number of ketones is 1. The smallest absolute Gasteiger partial charge is 0.256 e. The van der Waals surface area contributed by atoms with Crippen LogP contribution in [0.2, 0.25) is 0 Å². The number of pyridine rings is 1. The topological polar surface area (TPSA) is 150 Å². The lowest BCUT2D eigenvalue weighted by Gasteiger charge is -2.29. The van der Waals surface area contributed by atoms with Crippen molar-refractivity contribution in [3.8, 4) is 23.2 Å². The number of aromatic nitrogens is 7. The number of nitrogens with one attached hydrogen (secondary N) is 1. The van der Waals surface area contributed by atoms with Gasteiger partial charge in [0.25, 0.3) is 10.0 Å². The molecule has 2 saturated heterocycles. The molecule has 44 heavy (non-hydrogen) atoms. The average molecular weight is 614 g/mol. The van der Waals surface area contributed by atoms with Crippen molar-refractivity contribution in [2.45, 2.75) is 49.8 Å². The van der Waals surface area contributed by atoms with Gasteiger partial charge in [0, 0.05) is 63.8 Å². The number of ether oxygens (including phenoxy) is 1. The van der Waals surface area contributed by atoms with E-state index in [1.807, 2.05) is 16.9 Å². The minimum absolute atomic E-state index is 0.253. The predicted molar refractivity (Wildman–Crippen MR) is 162 cm³/mol. The fourth-order valence-electron chi connectivity index (χ4n) is 5.34. The van der Waals surface area contributed by atoms with E-state index in [9.17, 15) is 13.2 Å². The van der Waals surface area contributed by atoms with Crippen molar-refractivity contribution < 1.29 is 17.9 Å². The van der Waals surface area contributed by atoms with Crippen LogP contribution >= 0.6 is 0 Å². The summed E-state index contributed by atoms with van der Waals surface area (Å²) in [5, 5.41) is 11.4. The molecular formula is C30H31N9O4S. The van der Waals surface area contributed by atoms with Crippen LogP contribution in [0.5, 0.6) is 0 Å². The van der Waals surface area contributed by atoms with Crippen LogP contribution < -0.4 is 10.2 Å². The Bertz CT molecular complexity index is 1850. The number of hydrogen-bond acceptors (Lipinski definition) is 11. The molecule has 14 heteroatoms. The first-order valence-corrected chi connectivity index (χ1v) is 16.2. The Balaban J connectivity index is 1.13. The van der Waals surface area contributed by atoms with Gasteiger partial charge in [-0.15, -0.1) is 0 Å². The Labute approximate surface area is 254 Å². The van der Waals surface area contributed by atoms with E-state index in [2.05, 4.69) is 47.2 Å². The molecule has 3 aliphatic rings. The highest BCUT2D eigenvalue weighted by molar-refractivity contribution is 7.90. The molecule has 3 fully saturated rings. The van der Waals surface area contributed by atoms with E-state index in [1.165, 1.54) is 12.4 Å². The van der Waals surface area contributed by atoms with Crippen molar-refractivity contribution >= 4 is 33.1 Å². The van der Waals surface area contributed by atoms with Gasteiger partial charge in [-0.2, -0.15) is 14.3 Å². The van der Waals surface area contributed by atoms with Gasteiger partial charge in [-0.05, 0) is 31.7 Å². The molecule has 0 atom stereocenters. The predicted octanol–water partition coefficient (Wildman–Crippen LogP) is 2.94. The van der Waals surface area contributed by atoms with E-state index in [4.69, 9.17) is 4.74 Å². The zero-order valence-electron chi connectivity index (χ0n) is 24.0. The fraction of sp³-hybridized carbons (Fsp3) is 0.400. The van der Waals surface area contributed by atoms with Crippen LogP contribution in [0.3, 0.4) is 0 Å². The number of hydrogen-bond donors (Lipinski definition) is 1. The second kappa shape index (κ2) is 11.8. The lowest BCUT2D eigenvalue weighted by Crippen LogP contribution is -2.34. The van der Waals surface area contributed by atoms with Crippen molar-refractivity contribution in [3.63, 3.8) is 0 Å². The molecule has 0 amide bonds. The van der Waals surface area contributed by atoms with E-state index in [1.54, 1.807) is 24.7 Å². The van der Waals surface area contributed by atoms with Gasteiger partial charge in [-0.3, -0.25) is 9.48 Å². The average Bonchev–Trinajstić information content (AvgIpc) is 3.60. The second-order valence-electron chi connectivity index (χ2n) is 11.2. The zero-order valence-corrected chi connectivity index (χ0v) is 24.8. The van der Waals surface area contributed by atoms with Gasteiger partial charge >= 0.3 is 0 Å². The molecule has 0 radical (unpaired) electrons. The summed E-state index contributed by atoms with van der Waals surface area (Å²) in [4.78, 5) is 27.6. The second-order valence-corrected chi connectivity index (χ2v) is 13.2. The van der Waals surface area contributed by atoms with Crippen LogP contribution in [-0.2, 0) is 19.6 Å². The third-order valence-corrected chi connectivity index (χ3v) is 10.0. The number of piperidine rings is 1. The van der Waals surface area contributed by atoms with E-state index in [0.717, 1.165) is 47.0 Å². The Kier molecular flexibility index (Phi) is 7.57. The molecule has 7 rings (SSSR count). The van der Waals surface area contributed by atoms with Crippen molar-refractivity contribution in [2.75, 3.05) is 36.5 Å². The molecule has 226 valence electrons. The number of rotatable bonds is 7. The molecule has 13 nitrogen and oxygen atoms in total. The Morgan fingerprint density at radius 1 is 0.932 bits per heavy atom.